The molecule has 12 heteroatoms. The number of alkyl halides is 11. The van der Waals surface area contributed by atoms with Crippen LogP contribution in [-0.2, 0) is 0 Å². The molecule has 0 spiro atoms. The monoisotopic (exact) mass is 462 g/mol. The van der Waals surface area contributed by atoms with Crippen LogP contribution in [0.25, 0.3) is 0 Å². The number of hydrogen-bond acceptors (Lipinski definition) is 1. The van der Waals surface area contributed by atoms with Crippen molar-refractivity contribution < 1.29 is 5.11 Å². The van der Waals surface area contributed by atoms with Gasteiger partial charge in [-0.1, -0.05) is 128 Å². The molecule has 0 fully saturated rings. The standard InChI is InChI=1S/C5HCl11O/c6-1(7,2(8,9)4(11,12)13)3(10,17)5(14,15)16/h17H. The Hall–Kier alpha value is 3.15. The average molecular weight is 467 g/mol. The van der Waals surface area contributed by atoms with Gasteiger partial charge in [0, 0.05) is 0 Å². The van der Waals surface area contributed by atoms with Gasteiger partial charge in [-0.25, -0.2) is 0 Å². The zero-order chi connectivity index (χ0) is 14.5. The van der Waals surface area contributed by atoms with E-state index in [2.05, 4.69) is 0 Å². The van der Waals surface area contributed by atoms with Crippen LogP contribution in [0, 0.1) is 0 Å². The smallest absolute Gasteiger partial charge is 0.235 e. The highest BCUT2D eigenvalue weighted by Crippen LogP contribution is 2.64. The topological polar surface area (TPSA) is 20.2 Å². The Kier molecular flexibility index (Phi) is 6.80. The molecule has 0 aromatic rings. The molecule has 1 nitrogen and oxygen atoms in total. The maximum absolute atomic E-state index is 9.84. The number of rotatable bonds is 2. The molecular formula is C5HCl11O. The molecule has 0 aromatic carbocycles. The van der Waals surface area contributed by atoms with E-state index in [0.29, 0.717) is 0 Å². The summed E-state index contributed by atoms with van der Waals surface area (Å²) in [6.07, 6.45) is 0. The van der Waals surface area contributed by atoms with Gasteiger partial charge in [0.2, 0.25) is 21.3 Å². The maximum Gasteiger partial charge on any atom is 0.235 e. The summed E-state index contributed by atoms with van der Waals surface area (Å²) in [5, 5.41) is 6.90. The van der Waals surface area contributed by atoms with Crippen LogP contribution in [0.5, 0.6) is 0 Å². The quantitative estimate of drug-likeness (QED) is 0.494. The normalized spacial score (nSPS) is 19.1. The van der Waals surface area contributed by atoms with E-state index in [1.807, 2.05) is 0 Å². The van der Waals surface area contributed by atoms with Gasteiger partial charge in [-0.05, 0) is 0 Å². The number of hydrogen-bond donors (Lipinski definition) is 1. The van der Waals surface area contributed by atoms with Crippen molar-refractivity contribution in [3.63, 3.8) is 0 Å². The highest BCUT2D eigenvalue weighted by molar-refractivity contribution is 6.80. The predicted molar refractivity (Wildman–Crippen MR) is 80.3 cm³/mol. The Morgan fingerprint density at radius 1 is 0.471 bits per heavy atom. The molecule has 0 aliphatic rings. The summed E-state index contributed by atoms with van der Waals surface area (Å²) in [7, 11) is 0. The van der Waals surface area contributed by atoms with Gasteiger partial charge in [0.25, 0.3) is 0 Å². The fraction of sp³-hybridized carbons (Fsp3) is 1.00. The zero-order valence-corrected chi connectivity index (χ0v) is 15.4. The molecule has 0 saturated heterocycles. The zero-order valence-electron chi connectivity index (χ0n) is 7.10. The highest BCUT2D eigenvalue weighted by Gasteiger charge is 2.73. The molecule has 17 heavy (non-hydrogen) atoms. The van der Waals surface area contributed by atoms with Crippen molar-refractivity contribution in [2.45, 2.75) is 21.3 Å². The number of aliphatic hydroxyl groups is 1. The van der Waals surface area contributed by atoms with E-state index in [0.717, 1.165) is 0 Å². The molecular weight excluding hydrogens is 466 g/mol. The average Bonchev–Trinajstić information content (AvgIpc) is 1.98. The third-order valence-electron chi connectivity index (χ3n) is 1.54. The number of halogens is 11. The molecule has 0 aliphatic heterocycles. The van der Waals surface area contributed by atoms with Gasteiger partial charge in [0.05, 0.1) is 0 Å². The van der Waals surface area contributed by atoms with Crippen LogP contribution >= 0.6 is 128 Å². The third kappa shape index (κ3) is 3.67. The SMILES string of the molecule is OC(Cl)(C(Cl)(Cl)Cl)C(Cl)(Cl)C(Cl)(Cl)C(Cl)(Cl)Cl. The Morgan fingerprint density at radius 2 is 0.765 bits per heavy atom. The molecule has 1 atom stereocenters. The summed E-state index contributed by atoms with van der Waals surface area (Å²) in [5.74, 6) is 0. The molecule has 0 aromatic heterocycles. The molecule has 0 heterocycles. The minimum atomic E-state index is -2.94. The van der Waals surface area contributed by atoms with Crippen molar-refractivity contribution in [1.29, 1.82) is 0 Å². The van der Waals surface area contributed by atoms with E-state index in [9.17, 15) is 5.11 Å². The Balaban J connectivity index is 5.73. The van der Waals surface area contributed by atoms with Gasteiger partial charge in [0.15, 0.2) is 0 Å². The minimum Gasteiger partial charge on any atom is -0.369 e. The Labute approximate surface area is 152 Å². The van der Waals surface area contributed by atoms with E-state index in [1.165, 1.54) is 0 Å². The van der Waals surface area contributed by atoms with Crippen LogP contribution < -0.4 is 0 Å². The first-order valence-electron chi connectivity index (χ1n) is 3.30. The Morgan fingerprint density at radius 3 is 0.941 bits per heavy atom. The van der Waals surface area contributed by atoms with Crippen LogP contribution in [-0.4, -0.2) is 26.4 Å². The first-order chi connectivity index (χ1) is 7.00. The second-order valence-electron chi connectivity index (χ2n) is 2.77. The molecule has 0 saturated carbocycles. The van der Waals surface area contributed by atoms with Crippen molar-refractivity contribution in [1.82, 2.24) is 0 Å². The van der Waals surface area contributed by atoms with Crippen LogP contribution in [0.2, 0.25) is 0 Å². The lowest BCUT2D eigenvalue weighted by Crippen LogP contribution is -2.63. The fourth-order valence-electron chi connectivity index (χ4n) is 0.564. The summed E-state index contributed by atoms with van der Waals surface area (Å²) in [6.45, 7) is 0. The summed E-state index contributed by atoms with van der Waals surface area (Å²) < 4.78 is -10.3. The van der Waals surface area contributed by atoms with E-state index in [1.54, 1.807) is 0 Å². The third-order valence-corrected chi connectivity index (χ3v) is 7.48. The van der Waals surface area contributed by atoms with Crippen molar-refractivity contribution in [3.05, 3.63) is 0 Å². The lowest BCUT2D eigenvalue weighted by atomic mass is 10.2. The summed E-state index contributed by atoms with van der Waals surface area (Å²) >= 11 is 60.9. The van der Waals surface area contributed by atoms with Gasteiger partial charge in [0.1, 0.15) is 0 Å². The van der Waals surface area contributed by atoms with Gasteiger partial charge in [-0.3, -0.25) is 0 Å². The highest BCUT2D eigenvalue weighted by atomic mass is 35.6. The van der Waals surface area contributed by atoms with Crippen LogP contribution in [0.4, 0.5) is 0 Å². The fourth-order valence-corrected chi connectivity index (χ4v) is 3.07. The largest absolute Gasteiger partial charge is 0.369 e. The first kappa shape index (κ1) is 20.1. The minimum absolute atomic E-state index is 2.43. The van der Waals surface area contributed by atoms with Gasteiger partial charge in [-0.15, -0.1) is 0 Å². The van der Waals surface area contributed by atoms with Crippen LogP contribution in [0.3, 0.4) is 0 Å². The molecule has 1 unspecified atom stereocenters. The first-order valence-corrected chi connectivity index (χ1v) is 7.46. The van der Waals surface area contributed by atoms with E-state index in [4.69, 9.17) is 128 Å². The molecule has 0 bridgehead atoms. The van der Waals surface area contributed by atoms with Crippen molar-refractivity contribution in [3.8, 4) is 0 Å². The van der Waals surface area contributed by atoms with Crippen molar-refractivity contribution in [2.75, 3.05) is 0 Å². The van der Waals surface area contributed by atoms with Crippen LogP contribution in [0.1, 0.15) is 0 Å². The predicted octanol–water partition coefficient (Wildman–Crippen LogP) is 6.00. The molecule has 0 radical (unpaired) electrons. The summed E-state index contributed by atoms with van der Waals surface area (Å²) in [6, 6.07) is 0. The second kappa shape index (κ2) is 5.74. The molecule has 0 aliphatic carbocycles. The second-order valence-corrected chi connectivity index (χ2v) is 10.5. The molecule has 104 valence electrons. The summed E-state index contributed by atoms with van der Waals surface area (Å²) in [4.78, 5) is 0. The van der Waals surface area contributed by atoms with E-state index >= 15 is 0 Å². The molecule has 0 amide bonds. The molecule has 0 rings (SSSR count). The van der Waals surface area contributed by atoms with Gasteiger partial charge < -0.3 is 5.11 Å². The lowest BCUT2D eigenvalue weighted by molar-refractivity contribution is 0.107. The van der Waals surface area contributed by atoms with Crippen LogP contribution in [0.15, 0.2) is 0 Å². The molecule has 1 N–H and O–H groups in total. The maximum atomic E-state index is 9.84. The summed E-state index contributed by atoms with van der Waals surface area (Å²) in [5.41, 5.74) is 0. The van der Waals surface area contributed by atoms with Gasteiger partial charge in [-0.2, -0.15) is 0 Å². The van der Waals surface area contributed by atoms with Gasteiger partial charge >= 0.3 is 0 Å². The van der Waals surface area contributed by atoms with Crippen molar-refractivity contribution in [2.24, 2.45) is 0 Å². The van der Waals surface area contributed by atoms with E-state index in [-0.39, 0.29) is 0 Å². The lowest BCUT2D eigenvalue weighted by Gasteiger charge is -2.46. The van der Waals surface area contributed by atoms with Crippen molar-refractivity contribution >= 4 is 128 Å². The Bertz CT molecular complexity index is 255. The van der Waals surface area contributed by atoms with E-state index < -0.39 is 21.3 Å².